The molecule has 42 heavy (non-hydrogen) atoms. The zero-order valence-corrected chi connectivity index (χ0v) is 27.3. The van der Waals surface area contributed by atoms with E-state index in [0.717, 1.165) is 33.2 Å². The Morgan fingerprint density at radius 1 is 0.952 bits per heavy atom. The first-order valence-corrected chi connectivity index (χ1v) is 16.0. The van der Waals surface area contributed by atoms with E-state index in [4.69, 9.17) is 13.9 Å². The van der Waals surface area contributed by atoms with E-state index in [9.17, 15) is 19.3 Å². The Kier molecular flexibility index (Phi) is 10.0. The molecule has 9 nitrogen and oxygen atoms in total. The molecule has 0 bridgehead atoms. The maximum Gasteiger partial charge on any atom is 0.326 e. The van der Waals surface area contributed by atoms with Crippen LogP contribution >= 0.6 is 7.44 Å². The number of rotatable bonds is 12. The fourth-order valence-electron chi connectivity index (χ4n) is 4.98. The number of hydrogen-bond acceptors (Lipinski definition) is 7. The number of nitrogens with one attached hydrogen (secondary N) is 2. The second kappa shape index (κ2) is 12.6. The first-order chi connectivity index (χ1) is 19.5. The Balaban J connectivity index is 2.13. The second-order valence-electron chi connectivity index (χ2n) is 12.0. The number of fused-ring (bicyclic) bond motifs is 1. The minimum absolute atomic E-state index is 0.0682. The van der Waals surface area contributed by atoms with Gasteiger partial charge in [0.05, 0.1) is 13.2 Å². The molecule has 0 spiro atoms. The third-order valence-corrected chi connectivity index (χ3v) is 9.87. The lowest BCUT2D eigenvalue weighted by Gasteiger charge is -2.34. The molecule has 1 heterocycles. The minimum Gasteiger partial charge on any atom is -0.508 e. The van der Waals surface area contributed by atoms with Gasteiger partial charge < -0.3 is 19.0 Å². The van der Waals surface area contributed by atoms with Gasteiger partial charge in [0.2, 0.25) is 0 Å². The molecule has 0 saturated heterocycles. The molecule has 2 aromatic carbocycles. The predicted molar refractivity (Wildman–Crippen MR) is 166 cm³/mol. The van der Waals surface area contributed by atoms with Crippen molar-refractivity contribution in [3.05, 3.63) is 58.1 Å². The molecule has 0 aliphatic heterocycles. The van der Waals surface area contributed by atoms with Crippen molar-refractivity contribution >= 4 is 35.9 Å². The predicted octanol–water partition coefficient (Wildman–Crippen LogP) is 6.15. The number of phenols is 1. The number of esters is 2. The monoisotopic (exact) mass is 600 g/mol. The average molecular weight is 601 g/mol. The summed E-state index contributed by atoms with van der Waals surface area (Å²) in [5, 5.41) is 16.9. The van der Waals surface area contributed by atoms with Crippen LogP contribution in [0.5, 0.6) is 5.75 Å². The van der Waals surface area contributed by atoms with E-state index in [1.165, 1.54) is 0 Å². The van der Waals surface area contributed by atoms with Gasteiger partial charge in [-0.2, -0.15) is 0 Å². The highest BCUT2D eigenvalue weighted by atomic mass is 31.2. The number of benzene rings is 2. The molecule has 3 rings (SSSR count). The number of hydrogen-bond donors (Lipinski definition) is 3. The standard InChI is InChI=1S/C32H45N2O7P/c1-11-39-29(36)31(7,8)33-42(38,34-32(9,10)30(37)40-12-2)28-18-25-21(6)24(20(5)15-27(25)41-28)17-22-13-14-26(35)23(16-22)19(3)4/h13-16,18-19,35H,11-12,17H2,1-10H3,(H2,33,34,38). The largest absolute Gasteiger partial charge is 0.508 e. The molecule has 0 unspecified atom stereocenters. The van der Waals surface area contributed by atoms with Gasteiger partial charge >= 0.3 is 11.9 Å². The molecule has 3 aromatic rings. The fraction of sp³-hybridized carbons (Fsp3) is 0.500. The summed E-state index contributed by atoms with van der Waals surface area (Å²) < 4.78 is 31.4. The zero-order chi connectivity index (χ0) is 31.6. The lowest BCUT2D eigenvalue weighted by Crippen LogP contribution is -2.55. The summed E-state index contributed by atoms with van der Waals surface area (Å²) in [4.78, 5) is 25.6. The van der Waals surface area contributed by atoms with Gasteiger partial charge in [-0.05, 0) is 114 Å². The maximum atomic E-state index is 14.8. The number of furan rings is 1. The van der Waals surface area contributed by atoms with E-state index in [-0.39, 0.29) is 30.4 Å². The molecular weight excluding hydrogens is 555 g/mol. The third-order valence-electron chi connectivity index (χ3n) is 7.28. The van der Waals surface area contributed by atoms with Crippen LogP contribution in [0, 0.1) is 13.8 Å². The molecule has 3 N–H and O–H groups in total. The van der Waals surface area contributed by atoms with E-state index in [0.29, 0.717) is 12.0 Å². The van der Waals surface area contributed by atoms with Crippen LogP contribution < -0.4 is 15.7 Å². The van der Waals surface area contributed by atoms with Gasteiger partial charge in [-0.15, -0.1) is 0 Å². The van der Waals surface area contributed by atoms with Crippen molar-refractivity contribution < 1.29 is 33.2 Å². The molecule has 0 saturated carbocycles. The van der Waals surface area contributed by atoms with E-state index >= 15 is 0 Å². The molecule has 1 aromatic heterocycles. The van der Waals surface area contributed by atoms with Crippen molar-refractivity contribution in [3.8, 4) is 5.75 Å². The average Bonchev–Trinajstić information content (AvgIpc) is 3.32. The summed E-state index contributed by atoms with van der Waals surface area (Å²) in [6.07, 6.45) is 0.633. The maximum absolute atomic E-state index is 14.8. The van der Waals surface area contributed by atoms with E-state index in [2.05, 4.69) is 10.2 Å². The summed E-state index contributed by atoms with van der Waals surface area (Å²) >= 11 is 0. The highest BCUT2D eigenvalue weighted by Gasteiger charge is 2.45. The second-order valence-corrected chi connectivity index (χ2v) is 14.1. The fourth-order valence-corrected chi connectivity index (χ4v) is 7.55. The SMILES string of the molecule is CCOC(=O)C(C)(C)NP(=O)(NC(C)(C)C(=O)OCC)c1cc2c(C)c(Cc3ccc(O)c(C(C)C)c3)c(C)cc2o1. The number of aromatic hydroxyl groups is 1. The van der Waals surface area contributed by atoms with Crippen molar-refractivity contribution in [2.75, 3.05) is 13.2 Å². The topological polar surface area (TPSA) is 127 Å². The van der Waals surface area contributed by atoms with Crippen LogP contribution in [0.25, 0.3) is 11.0 Å². The van der Waals surface area contributed by atoms with Gasteiger partial charge in [-0.3, -0.25) is 14.2 Å². The Labute approximate surface area is 248 Å². The number of carbonyl (C=O) groups is 2. The van der Waals surface area contributed by atoms with E-state index in [1.807, 2.05) is 45.9 Å². The smallest absolute Gasteiger partial charge is 0.326 e. The summed E-state index contributed by atoms with van der Waals surface area (Å²) in [6.45, 7) is 18.0. The Morgan fingerprint density at radius 3 is 2.00 bits per heavy atom. The van der Waals surface area contributed by atoms with Gasteiger partial charge in [0.25, 0.3) is 7.44 Å². The first-order valence-electron chi connectivity index (χ1n) is 14.3. The summed E-state index contributed by atoms with van der Waals surface area (Å²) in [5.74, 6) is -0.732. The van der Waals surface area contributed by atoms with Crippen LogP contribution in [-0.4, -0.2) is 41.3 Å². The van der Waals surface area contributed by atoms with Gasteiger partial charge in [-0.25, -0.2) is 10.2 Å². The number of carbonyl (C=O) groups excluding carboxylic acids is 2. The number of ether oxygens (including phenoxy) is 2. The van der Waals surface area contributed by atoms with Crippen molar-refractivity contribution in [1.29, 1.82) is 0 Å². The third kappa shape index (κ3) is 7.08. The Hall–Kier alpha value is -3.13. The van der Waals surface area contributed by atoms with Gasteiger partial charge in [-0.1, -0.05) is 26.0 Å². The lowest BCUT2D eigenvalue weighted by molar-refractivity contribution is -0.149. The van der Waals surface area contributed by atoms with Crippen molar-refractivity contribution in [2.24, 2.45) is 0 Å². The molecule has 230 valence electrons. The van der Waals surface area contributed by atoms with Crippen molar-refractivity contribution in [3.63, 3.8) is 0 Å². The van der Waals surface area contributed by atoms with Crippen LogP contribution in [-0.2, 0) is 30.0 Å². The highest BCUT2D eigenvalue weighted by Crippen LogP contribution is 2.43. The van der Waals surface area contributed by atoms with Crippen LogP contribution in [0.1, 0.15) is 89.1 Å². The quantitative estimate of drug-likeness (QED) is 0.166. The van der Waals surface area contributed by atoms with Crippen LogP contribution in [0.3, 0.4) is 0 Å². The molecule has 10 heteroatoms. The molecule has 0 atom stereocenters. The van der Waals surface area contributed by atoms with Crippen LogP contribution in [0.4, 0.5) is 0 Å². The Bertz CT molecular complexity index is 1480. The van der Waals surface area contributed by atoms with Crippen molar-refractivity contribution in [2.45, 2.75) is 92.7 Å². The molecule has 0 aliphatic rings. The summed E-state index contributed by atoms with van der Waals surface area (Å²) in [5.41, 5.74) is 2.83. The van der Waals surface area contributed by atoms with E-state index in [1.54, 1.807) is 53.7 Å². The number of aryl methyl sites for hydroxylation is 2. The number of phenolic OH excluding ortho intramolecular Hbond substituents is 1. The summed E-state index contributed by atoms with van der Waals surface area (Å²) in [6, 6.07) is 9.28. The van der Waals surface area contributed by atoms with Crippen LogP contribution in [0.15, 0.2) is 34.7 Å². The van der Waals surface area contributed by atoms with Crippen LogP contribution in [0.2, 0.25) is 0 Å². The van der Waals surface area contributed by atoms with E-state index < -0.39 is 30.5 Å². The van der Waals surface area contributed by atoms with Gasteiger partial charge in [0, 0.05) is 5.39 Å². The first kappa shape index (κ1) is 33.4. The normalized spacial score (nSPS) is 12.6. The molecular formula is C32H45N2O7P. The highest BCUT2D eigenvalue weighted by molar-refractivity contribution is 7.67. The molecule has 0 amide bonds. The van der Waals surface area contributed by atoms with Gasteiger partial charge in [0.15, 0.2) is 5.50 Å². The summed E-state index contributed by atoms with van der Waals surface area (Å²) in [7, 11) is -3.98. The minimum atomic E-state index is -3.98. The molecule has 0 fully saturated rings. The Morgan fingerprint density at radius 2 is 1.50 bits per heavy atom. The molecule has 0 aliphatic carbocycles. The van der Waals surface area contributed by atoms with Gasteiger partial charge in [0.1, 0.15) is 22.4 Å². The zero-order valence-electron chi connectivity index (χ0n) is 26.4. The lowest BCUT2D eigenvalue weighted by atomic mass is 9.91. The molecule has 0 radical (unpaired) electrons. The van der Waals surface area contributed by atoms with Crippen molar-refractivity contribution in [1.82, 2.24) is 10.2 Å².